The van der Waals surface area contributed by atoms with Gasteiger partial charge in [-0.15, -0.1) is 0 Å². The summed E-state index contributed by atoms with van der Waals surface area (Å²) < 4.78 is 10.4. The van der Waals surface area contributed by atoms with Gasteiger partial charge in [0.25, 0.3) is 0 Å². The lowest BCUT2D eigenvalue weighted by Gasteiger charge is -2.15. The summed E-state index contributed by atoms with van der Waals surface area (Å²) in [6.45, 7) is 4.31. The van der Waals surface area contributed by atoms with Crippen molar-refractivity contribution < 1.29 is 23.8 Å². The number of rotatable bonds is 8. The first-order chi connectivity index (χ1) is 11.9. The van der Waals surface area contributed by atoms with E-state index < -0.39 is 12.0 Å². The van der Waals surface area contributed by atoms with Crippen molar-refractivity contribution in [2.24, 2.45) is 5.92 Å². The standard InChI is InChI=1S/C19H23NO5/c1-12(2)10-16(18(21)22)20-11-15-8-9-17(25-15)13-4-6-14(7-5-13)19(23)24-3/h4-9,12,16,20H,10-11H2,1-3H3,(H,21,22)/t16-/m0/s1. The number of carbonyl (C=O) groups is 2. The Labute approximate surface area is 146 Å². The summed E-state index contributed by atoms with van der Waals surface area (Å²) in [6.07, 6.45) is 0.553. The first-order valence-electron chi connectivity index (χ1n) is 8.14. The van der Waals surface area contributed by atoms with Gasteiger partial charge in [-0.2, -0.15) is 0 Å². The van der Waals surface area contributed by atoms with Gasteiger partial charge in [0.1, 0.15) is 17.6 Å². The van der Waals surface area contributed by atoms with Crippen molar-refractivity contribution in [3.8, 4) is 11.3 Å². The first-order valence-corrected chi connectivity index (χ1v) is 8.14. The summed E-state index contributed by atoms with van der Waals surface area (Å²) in [5, 5.41) is 12.3. The molecule has 25 heavy (non-hydrogen) atoms. The normalized spacial score (nSPS) is 12.2. The highest BCUT2D eigenvalue weighted by Gasteiger charge is 2.18. The zero-order chi connectivity index (χ0) is 18.4. The van der Waals surface area contributed by atoms with E-state index in [0.717, 1.165) is 5.56 Å². The second-order valence-electron chi connectivity index (χ2n) is 6.24. The van der Waals surface area contributed by atoms with Crippen LogP contribution in [0, 0.1) is 5.92 Å². The fraction of sp³-hybridized carbons (Fsp3) is 0.368. The lowest BCUT2D eigenvalue weighted by atomic mass is 10.0. The van der Waals surface area contributed by atoms with E-state index in [2.05, 4.69) is 10.1 Å². The van der Waals surface area contributed by atoms with Crippen molar-refractivity contribution in [2.75, 3.05) is 7.11 Å². The molecular formula is C19H23NO5. The fourth-order valence-corrected chi connectivity index (χ4v) is 2.48. The third-order valence-corrected chi connectivity index (χ3v) is 3.78. The van der Waals surface area contributed by atoms with E-state index in [1.807, 2.05) is 26.0 Å². The van der Waals surface area contributed by atoms with Crippen LogP contribution in [0.1, 0.15) is 36.4 Å². The highest BCUT2D eigenvalue weighted by atomic mass is 16.5. The van der Waals surface area contributed by atoms with E-state index in [0.29, 0.717) is 30.0 Å². The van der Waals surface area contributed by atoms with Gasteiger partial charge in [0.05, 0.1) is 19.2 Å². The van der Waals surface area contributed by atoms with Crippen molar-refractivity contribution in [2.45, 2.75) is 32.9 Å². The Morgan fingerprint density at radius 3 is 2.40 bits per heavy atom. The van der Waals surface area contributed by atoms with Gasteiger partial charge in [-0.05, 0) is 36.6 Å². The molecule has 2 rings (SSSR count). The number of carbonyl (C=O) groups excluding carboxylic acids is 1. The monoisotopic (exact) mass is 345 g/mol. The molecule has 0 fully saturated rings. The number of furan rings is 1. The highest BCUT2D eigenvalue weighted by Crippen LogP contribution is 2.23. The second-order valence-corrected chi connectivity index (χ2v) is 6.24. The third kappa shape index (κ3) is 5.19. The van der Waals surface area contributed by atoms with Gasteiger partial charge < -0.3 is 14.3 Å². The average Bonchev–Trinajstić information content (AvgIpc) is 3.06. The maximum Gasteiger partial charge on any atom is 0.337 e. The van der Waals surface area contributed by atoms with Crippen molar-refractivity contribution in [3.63, 3.8) is 0 Å². The van der Waals surface area contributed by atoms with Crippen LogP contribution in [0.15, 0.2) is 40.8 Å². The lowest BCUT2D eigenvalue weighted by molar-refractivity contribution is -0.140. The number of methoxy groups -OCH3 is 1. The number of nitrogens with one attached hydrogen (secondary N) is 1. The smallest absolute Gasteiger partial charge is 0.337 e. The molecule has 6 nitrogen and oxygen atoms in total. The molecule has 0 aliphatic rings. The molecule has 0 unspecified atom stereocenters. The summed E-state index contributed by atoms with van der Waals surface area (Å²) in [7, 11) is 1.34. The van der Waals surface area contributed by atoms with Crippen LogP contribution in [0.2, 0.25) is 0 Å². The van der Waals surface area contributed by atoms with Crippen LogP contribution in [0.3, 0.4) is 0 Å². The minimum Gasteiger partial charge on any atom is -0.480 e. The Morgan fingerprint density at radius 2 is 1.84 bits per heavy atom. The molecule has 0 aliphatic carbocycles. The molecular weight excluding hydrogens is 322 g/mol. The largest absolute Gasteiger partial charge is 0.480 e. The van der Waals surface area contributed by atoms with Crippen LogP contribution in [0.5, 0.6) is 0 Å². The number of hydrogen-bond acceptors (Lipinski definition) is 5. The number of aliphatic carboxylic acids is 1. The van der Waals surface area contributed by atoms with Gasteiger partial charge in [-0.1, -0.05) is 26.0 Å². The molecule has 0 saturated heterocycles. The summed E-state index contributed by atoms with van der Waals surface area (Å²) in [6, 6.07) is 9.93. The zero-order valence-electron chi connectivity index (χ0n) is 14.6. The molecule has 0 radical (unpaired) electrons. The summed E-state index contributed by atoms with van der Waals surface area (Å²) in [5.74, 6) is 0.347. The maximum absolute atomic E-state index is 11.4. The van der Waals surface area contributed by atoms with Crippen LogP contribution in [-0.2, 0) is 16.1 Å². The van der Waals surface area contributed by atoms with E-state index in [1.165, 1.54) is 7.11 Å². The van der Waals surface area contributed by atoms with Gasteiger partial charge in [0.15, 0.2) is 0 Å². The second kappa shape index (κ2) is 8.48. The number of benzene rings is 1. The van der Waals surface area contributed by atoms with Crippen molar-refractivity contribution >= 4 is 11.9 Å². The van der Waals surface area contributed by atoms with Gasteiger partial charge in [-0.3, -0.25) is 10.1 Å². The minimum atomic E-state index is -0.862. The zero-order valence-corrected chi connectivity index (χ0v) is 14.6. The van der Waals surface area contributed by atoms with Gasteiger partial charge >= 0.3 is 11.9 Å². The number of ether oxygens (including phenoxy) is 1. The van der Waals surface area contributed by atoms with Crippen molar-refractivity contribution in [1.29, 1.82) is 0 Å². The SMILES string of the molecule is COC(=O)c1ccc(-c2ccc(CN[C@@H](CC(C)C)C(=O)O)o2)cc1. The molecule has 0 amide bonds. The van der Waals surface area contributed by atoms with Crippen molar-refractivity contribution in [3.05, 3.63) is 47.7 Å². The molecule has 134 valence electrons. The Morgan fingerprint density at radius 1 is 1.16 bits per heavy atom. The van der Waals surface area contributed by atoms with Gasteiger partial charge in [0, 0.05) is 5.56 Å². The van der Waals surface area contributed by atoms with Crippen molar-refractivity contribution in [1.82, 2.24) is 5.32 Å². The Hall–Kier alpha value is -2.60. The van der Waals surface area contributed by atoms with Crippen LogP contribution < -0.4 is 5.32 Å². The van der Waals surface area contributed by atoms with Gasteiger partial charge in [-0.25, -0.2) is 4.79 Å². The molecule has 1 aromatic heterocycles. The lowest BCUT2D eigenvalue weighted by Crippen LogP contribution is -2.37. The molecule has 1 aromatic carbocycles. The number of hydrogen-bond donors (Lipinski definition) is 2. The van der Waals surface area contributed by atoms with E-state index in [-0.39, 0.29) is 11.9 Å². The Balaban J connectivity index is 2.02. The van der Waals surface area contributed by atoms with Crippen LogP contribution >= 0.6 is 0 Å². The Kier molecular flexibility index (Phi) is 6.36. The predicted octanol–water partition coefficient (Wildman–Crippen LogP) is 3.32. The number of carboxylic acids is 1. The topological polar surface area (TPSA) is 88.8 Å². The van der Waals surface area contributed by atoms with Crippen LogP contribution in [-0.4, -0.2) is 30.2 Å². The molecule has 0 bridgehead atoms. The Bertz CT molecular complexity index is 718. The van der Waals surface area contributed by atoms with Gasteiger partial charge in [0.2, 0.25) is 0 Å². The van der Waals surface area contributed by atoms with E-state index >= 15 is 0 Å². The van der Waals surface area contributed by atoms with Crippen LogP contribution in [0.25, 0.3) is 11.3 Å². The highest BCUT2D eigenvalue weighted by molar-refractivity contribution is 5.89. The maximum atomic E-state index is 11.4. The van der Waals surface area contributed by atoms with Crippen LogP contribution in [0.4, 0.5) is 0 Å². The summed E-state index contributed by atoms with van der Waals surface area (Å²) in [5.41, 5.74) is 1.30. The molecule has 0 saturated carbocycles. The summed E-state index contributed by atoms with van der Waals surface area (Å²) >= 11 is 0. The number of carboxylic acid groups (broad SMARTS) is 1. The molecule has 0 spiro atoms. The molecule has 6 heteroatoms. The molecule has 0 aliphatic heterocycles. The van der Waals surface area contributed by atoms with E-state index in [4.69, 9.17) is 4.42 Å². The minimum absolute atomic E-state index is 0.286. The van der Waals surface area contributed by atoms with E-state index in [9.17, 15) is 14.7 Å². The number of esters is 1. The summed E-state index contributed by atoms with van der Waals surface area (Å²) in [4.78, 5) is 22.7. The molecule has 1 atom stereocenters. The first kappa shape index (κ1) is 18.7. The molecule has 2 N–H and O–H groups in total. The third-order valence-electron chi connectivity index (χ3n) is 3.78. The fourth-order valence-electron chi connectivity index (χ4n) is 2.48. The molecule has 2 aromatic rings. The van der Waals surface area contributed by atoms with E-state index in [1.54, 1.807) is 24.3 Å². The predicted molar refractivity (Wildman–Crippen MR) is 93.2 cm³/mol. The molecule has 1 heterocycles. The average molecular weight is 345 g/mol. The quantitative estimate of drug-likeness (QED) is 0.714.